The second-order valence-electron chi connectivity index (χ2n) is 5.83. The standard InChI is InChI=1S/C18H22N4/c1-2-3-7-17-16-6-4-5-12-20-18(16)22(21-17)15-10-8-14(13-19)9-11-15/h8-11,20H,2-7,12H2,1H3. The van der Waals surface area contributed by atoms with Gasteiger partial charge in [0.25, 0.3) is 0 Å². The third-order valence-corrected chi connectivity index (χ3v) is 4.22. The van der Waals surface area contributed by atoms with Crippen molar-refractivity contribution in [3.05, 3.63) is 41.1 Å². The van der Waals surface area contributed by atoms with Gasteiger partial charge in [-0.1, -0.05) is 13.3 Å². The molecule has 0 atom stereocenters. The minimum Gasteiger partial charge on any atom is -0.370 e. The van der Waals surface area contributed by atoms with E-state index in [9.17, 15) is 0 Å². The zero-order valence-corrected chi connectivity index (χ0v) is 13.1. The average molecular weight is 294 g/mol. The van der Waals surface area contributed by atoms with E-state index in [2.05, 4.69) is 18.3 Å². The Balaban J connectivity index is 2.02. The van der Waals surface area contributed by atoms with Crippen LogP contribution in [0.1, 0.15) is 49.4 Å². The van der Waals surface area contributed by atoms with Gasteiger partial charge in [-0.15, -0.1) is 0 Å². The number of nitrogens with zero attached hydrogens (tertiary/aromatic N) is 3. The van der Waals surface area contributed by atoms with Gasteiger partial charge in [0.2, 0.25) is 0 Å². The summed E-state index contributed by atoms with van der Waals surface area (Å²) >= 11 is 0. The predicted octanol–water partition coefficient (Wildman–Crippen LogP) is 3.83. The highest BCUT2D eigenvalue weighted by molar-refractivity contribution is 5.55. The van der Waals surface area contributed by atoms with Gasteiger partial charge in [-0.2, -0.15) is 10.4 Å². The monoisotopic (exact) mass is 294 g/mol. The van der Waals surface area contributed by atoms with Crippen LogP contribution in [0.15, 0.2) is 24.3 Å². The van der Waals surface area contributed by atoms with Crippen LogP contribution in [0.4, 0.5) is 5.82 Å². The van der Waals surface area contributed by atoms with Crippen molar-refractivity contribution < 1.29 is 0 Å². The maximum Gasteiger partial charge on any atom is 0.133 e. The zero-order valence-electron chi connectivity index (χ0n) is 13.1. The van der Waals surface area contributed by atoms with Crippen molar-refractivity contribution in [3.63, 3.8) is 0 Å². The summed E-state index contributed by atoms with van der Waals surface area (Å²) in [7, 11) is 0. The average Bonchev–Trinajstić information content (AvgIpc) is 2.74. The number of nitrogens with one attached hydrogen (secondary N) is 1. The van der Waals surface area contributed by atoms with Gasteiger partial charge in [-0.25, -0.2) is 4.68 Å². The smallest absolute Gasteiger partial charge is 0.133 e. The number of benzene rings is 1. The Labute approximate surface area is 131 Å². The lowest BCUT2D eigenvalue weighted by Gasteiger charge is -2.09. The molecule has 0 fully saturated rings. The van der Waals surface area contributed by atoms with Crippen LogP contribution in [-0.4, -0.2) is 16.3 Å². The molecule has 0 saturated heterocycles. The molecule has 2 heterocycles. The second kappa shape index (κ2) is 6.65. The van der Waals surface area contributed by atoms with E-state index in [-0.39, 0.29) is 0 Å². The van der Waals surface area contributed by atoms with Crippen molar-refractivity contribution in [1.82, 2.24) is 9.78 Å². The molecule has 0 amide bonds. The van der Waals surface area contributed by atoms with E-state index in [1.165, 1.54) is 36.9 Å². The Hall–Kier alpha value is -2.28. The van der Waals surface area contributed by atoms with Gasteiger partial charge in [0.15, 0.2) is 0 Å². The molecule has 22 heavy (non-hydrogen) atoms. The Morgan fingerprint density at radius 2 is 2.09 bits per heavy atom. The summed E-state index contributed by atoms with van der Waals surface area (Å²) in [6, 6.07) is 9.82. The highest BCUT2D eigenvalue weighted by atomic mass is 15.3. The molecule has 4 nitrogen and oxygen atoms in total. The van der Waals surface area contributed by atoms with Crippen LogP contribution in [-0.2, 0) is 12.8 Å². The Morgan fingerprint density at radius 3 is 2.82 bits per heavy atom. The fourth-order valence-corrected chi connectivity index (χ4v) is 2.98. The fraction of sp³-hybridized carbons (Fsp3) is 0.444. The SMILES string of the molecule is CCCCc1nn(-c2ccc(C#N)cc2)c2c1CCCCN2. The van der Waals surface area contributed by atoms with Crippen LogP contribution in [0.2, 0.25) is 0 Å². The molecule has 0 aliphatic carbocycles. The summed E-state index contributed by atoms with van der Waals surface area (Å²) in [5.41, 5.74) is 4.32. The summed E-state index contributed by atoms with van der Waals surface area (Å²) in [5, 5.41) is 17.4. The van der Waals surface area contributed by atoms with Crippen LogP contribution in [0.5, 0.6) is 0 Å². The number of anilines is 1. The molecule has 0 radical (unpaired) electrons. The maximum absolute atomic E-state index is 8.94. The number of nitriles is 1. The van der Waals surface area contributed by atoms with Gasteiger partial charge in [0.1, 0.15) is 5.82 Å². The molecular weight excluding hydrogens is 272 g/mol. The molecule has 1 aliphatic rings. The molecule has 2 aromatic rings. The summed E-state index contributed by atoms with van der Waals surface area (Å²) in [6.07, 6.45) is 6.94. The predicted molar refractivity (Wildman–Crippen MR) is 88.3 cm³/mol. The van der Waals surface area contributed by atoms with Crippen molar-refractivity contribution in [2.24, 2.45) is 0 Å². The van der Waals surface area contributed by atoms with Gasteiger partial charge < -0.3 is 5.32 Å². The number of hydrogen-bond donors (Lipinski definition) is 1. The molecule has 0 spiro atoms. The zero-order chi connectivity index (χ0) is 15.4. The normalized spacial score (nSPS) is 13.8. The summed E-state index contributed by atoms with van der Waals surface area (Å²) in [6.45, 7) is 3.22. The Morgan fingerprint density at radius 1 is 1.27 bits per heavy atom. The highest BCUT2D eigenvalue weighted by Crippen LogP contribution is 2.29. The van der Waals surface area contributed by atoms with Crippen molar-refractivity contribution >= 4 is 5.82 Å². The van der Waals surface area contributed by atoms with E-state index >= 15 is 0 Å². The van der Waals surface area contributed by atoms with E-state index in [4.69, 9.17) is 10.4 Å². The summed E-state index contributed by atoms with van der Waals surface area (Å²) in [4.78, 5) is 0. The summed E-state index contributed by atoms with van der Waals surface area (Å²) in [5.74, 6) is 1.15. The summed E-state index contributed by atoms with van der Waals surface area (Å²) < 4.78 is 2.02. The van der Waals surface area contributed by atoms with Crippen molar-refractivity contribution in [2.75, 3.05) is 11.9 Å². The van der Waals surface area contributed by atoms with Crippen LogP contribution in [0.3, 0.4) is 0 Å². The van der Waals surface area contributed by atoms with Crippen LogP contribution < -0.4 is 5.32 Å². The van der Waals surface area contributed by atoms with Crippen LogP contribution in [0, 0.1) is 11.3 Å². The van der Waals surface area contributed by atoms with Gasteiger partial charge in [0.05, 0.1) is 23.0 Å². The number of unbranched alkanes of at least 4 members (excludes halogenated alkanes) is 1. The topological polar surface area (TPSA) is 53.6 Å². The Kier molecular flexibility index (Phi) is 4.43. The first-order valence-electron chi connectivity index (χ1n) is 8.18. The van der Waals surface area contributed by atoms with E-state index in [1.54, 1.807) is 0 Å². The maximum atomic E-state index is 8.94. The molecule has 3 rings (SSSR count). The third-order valence-electron chi connectivity index (χ3n) is 4.22. The van der Waals surface area contributed by atoms with Gasteiger partial charge in [0, 0.05) is 12.1 Å². The van der Waals surface area contributed by atoms with E-state index in [0.29, 0.717) is 5.56 Å². The lowest BCUT2D eigenvalue weighted by molar-refractivity contribution is 0.728. The number of hydrogen-bond acceptors (Lipinski definition) is 3. The van der Waals surface area contributed by atoms with E-state index in [0.717, 1.165) is 30.9 Å². The minimum atomic E-state index is 0.682. The first-order valence-corrected chi connectivity index (χ1v) is 8.18. The quantitative estimate of drug-likeness (QED) is 0.932. The Bertz CT molecular complexity index is 676. The van der Waals surface area contributed by atoms with Gasteiger partial charge >= 0.3 is 0 Å². The number of aryl methyl sites for hydroxylation is 1. The van der Waals surface area contributed by atoms with Gasteiger partial charge in [-0.05, 0) is 56.4 Å². The molecule has 0 unspecified atom stereocenters. The molecule has 1 aromatic heterocycles. The minimum absolute atomic E-state index is 0.682. The van der Waals surface area contributed by atoms with Crippen molar-refractivity contribution in [2.45, 2.75) is 45.4 Å². The highest BCUT2D eigenvalue weighted by Gasteiger charge is 2.20. The second-order valence-corrected chi connectivity index (χ2v) is 5.83. The molecular formula is C18H22N4. The number of rotatable bonds is 4. The molecule has 1 N–H and O–H groups in total. The molecule has 1 aromatic carbocycles. The first kappa shape index (κ1) is 14.6. The van der Waals surface area contributed by atoms with Crippen LogP contribution in [0.25, 0.3) is 5.69 Å². The van der Waals surface area contributed by atoms with Gasteiger partial charge in [-0.3, -0.25) is 0 Å². The molecule has 0 bridgehead atoms. The van der Waals surface area contributed by atoms with Crippen molar-refractivity contribution in [1.29, 1.82) is 5.26 Å². The molecule has 1 aliphatic heterocycles. The molecule has 0 saturated carbocycles. The molecule has 114 valence electrons. The number of fused-ring (bicyclic) bond motifs is 1. The lowest BCUT2D eigenvalue weighted by atomic mass is 10.1. The van der Waals surface area contributed by atoms with E-state index < -0.39 is 0 Å². The molecule has 4 heteroatoms. The lowest BCUT2D eigenvalue weighted by Crippen LogP contribution is -2.07. The van der Waals surface area contributed by atoms with E-state index in [1.807, 2.05) is 28.9 Å². The fourth-order valence-electron chi connectivity index (χ4n) is 2.98. The first-order chi connectivity index (χ1) is 10.8. The van der Waals surface area contributed by atoms with Crippen LogP contribution >= 0.6 is 0 Å². The van der Waals surface area contributed by atoms with Crippen molar-refractivity contribution in [3.8, 4) is 11.8 Å². The number of aromatic nitrogens is 2. The largest absolute Gasteiger partial charge is 0.370 e. The third kappa shape index (κ3) is 2.85.